The lowest BCUT2D eigenvalue weighted by atomic mass is 10.2. The van der Waals surface area contributed by atoms with E-state index in [2.05, 4.69) is 20.7 Å². The van der Waals surface area contributed by atoms with E-state index in [9.17, 15) is 18.9 Å². The van der Waals surface area contributed by atoms with Gasteiger partial charge in [-0.05, 0) is 6.92 Å². The lowest BCUT2D eigenvalue weighted by Gasteiger charge is -2.08. The number of nitro benzene ring substituents is 1. The van der Waals surface area contributed by atoms with Crippen LogP contribution >= 0.6 is 15.9 Å². The molecule has 1 rings (SSSR count). The van der Waals surface area contributed by atoms with E-state index < -0.39 is 11.5 Å². The summed E-state index contributed by atoms with van der Waals surface area (Å²) in [6.45, 7) is -1.48. The molecule has 0 aliphatic heterocycles. The lowest BCUT2D eigenvalue weighted by Crippen LogP contribution is -2.04. The van der Waals surface area contributed by atoms with Crippen molar-refractivity contribution in [1.82, 2.24) is 0 Å². The van der Waals surface area contributed by atoms with Crippen LogP contribution in [0.5, 0.6) is 5.75 Å². The second-order valence-electron chi connectivity index (χ2n) is 2.69. The van der Waals surface area contributed by atoms with Gasteiger partial charge in [-0.15, -0.1) is 0 Å². The van der Waals surface area contributed by atoms with Gasteiger partial charge in [-0.25, -0.2) is 0 Å². The Hall–Kier alpha value is -1.24. The summed E-state index contributed by atoms with van der Waals surface area (Å²) in [4.78, 5) is 9.77. The number of rotatable bonds is 3. The fourth-order valence-electron chi connectivity index (χ4n) is 0.964. The van der Waals surface area contributed by atoms with Crippen LogP contribution in [0.25, 0.3) is 0 Å². The van der Waals surface area contributed by atoms with E-state index in [1.165, 1.54) is 13.0 Å². The number of hydrogen-bond donors (Lipinski definition) is 0. The first kappa shape index (κ1) is 11.8. The van der Waals surface area contributed by atoms with Gasteiger partial charge in [0.05, 0.1) is 11.0 Å². The highest BCUT2D eigenvalue weighted by molar-refractivity contribution is 9.10. The summed E-state index contributed by atoms with van der Waals surface area (Å²) in [7, 11) is 0. The average molecular weight is 282 g/mol. The number of benzene rings is 1. The molecular formula is C8H6BrF2NO3. The normalized spacial score (nSPS) is 10.5. The molecule has 0 aliphatic carbocycles. The molecule has 82 valence electrons. The smallest absolute Gasteiger partial charge is 0.387 e. The van der Waals surface area contributed by atoms with Gasteiger partial charge >= 0.3 is 6.61 Å². The van der Waals surface area contributed by atoms with E-state index in [0.29, 0.717) is 10.0 Å². The van der Waals surface area contributed by atoms with Gasteiger partial charge in [-0.3, -0.25) is 10.1 Å². The van der Waals surface area contributed by atoms with Crippen molar-refractivity contribution in [2.75, 3.05) is 0 Å². The third-order valence-electron chi connectivity index (χ3n) is 1.71. The van der Waals surface area contributed by atoms with Crippen LogP contribution in [0.1, 0.15) is 5.56 Å². The Labute approximate surface area is 92.1 Å². The first-order valence-corrected chi connectivity index (χ1v) is 4.60. The minimum absolute atomic E-state index is 0.203. The van der Waals surface area contributed by atoms with Crippen LogP contribution in [0.4, 0.5) is 14.5 Å². The molecule has 0 amide bonds. The molecule has 4 nitrogen and oxygen atoms in total. The van der Waals surface area contributed by atoms with Crippen LogP contribution < -0.4 is 4.74 Å². The minimum atomic E-state index is -3.00. The van der Waals surface area contributed by atoms with E-state index in [0.717, 1.165) is 6.07 Å². The van der Waals surface area contributed by atoms with Crippen molar-refractivity contribution in [3.8, 4) is 5.75 Å². The molecular weight excluding hydrogens is 276 g/mol. The molecule has 1 aromatic rings. The van der Waals surface area contributed by atoms with Crippen LogP contribution in [0, 0.1) is 17.0 Å². The Morgan fingerprint density at radius 1 is 1.53 bits per heavy atom. The number of alkyl halides is 2. The van der Waals surface area contributed by atoms with E-state index in [4.69, 9.17) is 0 Å². The van der Waals surface area contributed by atoms with Gasteiger partial charge in [0.2, 0.25) is 0 Å². The summed E-state index contributed by atoms with van der Waals surface area (Å²) >= 11 is 3.03. The fraction of sp³-hybridized carbons (Fsp3) is 0.250. The molecule has 0 saturated heterocycles. The van der Waals surface area contributed by atoms with Crippen LogP contribution in [0.2, 0.25) is 0 Å². The van der Waals surface area contributed by atoms with Crippen LogP contribution in [0.3, 0.4) is 0 Å². The molecule has 7 heteroatoms. The van der Waals surface area contributed by atoms with E-state index in [1.807, 2.05) is 0 Å². The fourth-order valence-corrected chi connectivity index (χ4v) is 1.39. The largest absolute Gasteiger partial charge is 0.434 e. The van der Waals surface area contributed by atoms with Crippen LogP contribution in [0.15, 0.2) is 16.6 Å². The van der Waals surface area contributed by atoms with E-state index >= 15 is 0 Å². The van der Waals surface area contributed by atoms with Gasteiger partial charge in [-0.1, -0.05) is 15.9 Å². The number of non-ortho nitro benzene ring substituents is 1. The van der Waals surface area contributed by atoms with Crippen molar-refractivity contribution in [3.05, 3.63) is 32.3 Å². The molecule has 0 aliphatic rings. The van der Waals surface area contributed by atoms with Crippen molar-refractivity contribution in [2.24, 2.45) is 0 Å². The summed E-state index contributed by atoms with van der Waals surface area (Å²) in [6, 6.07) is 2.19. The van der Waals surface area contributed by atoms with Crippen molar-refractivity contribution >= 4 is 21.6 Å². The van der Waals surface area contributed by atoms with Gasteiger partial charge in [0.1, 0.15) is 5.75 Å². The number of hydrogen-bond acceptors (Lipinski definition) is 3. The average Bonchev–Trinajstić information content (AvgIpc) is 2.11. The standard InChI is InChI=1S/C8H6BrF2NO3/c1-4-6(9)2-5(12(13)14)3-7(4)15-8(10)11/h2-3,8H,1H3. The zero-order chi connectivity index (χ0) is 11.6. The molecule has 0 spiro atoms. The number of nitro groups is 1. The summed E-state index contributed by atoms with van der Waals surface area (Å²) in [5, 5.41) is 10.4. The lowest BCUT2D eigenvalue weighted by molar-refractivity contribution is -0.385. The van der Waals surface area contributed by atoms with Gasteiger partial charge in [0.15, 0.2) is 0 Å². The van der Waals surface area contributed by atoms with Crippen molar-refractivity contribution in [2.45, 2.75) is 13.5 Å². The topological polar surface area (TPSA) is 52.4 Å². The summed E-state index contributed by atoms with van der Waals surface area (Å²) in [5.74, 6) is -0.203. The summed E-state index contributed by atoms with van der Waals surface area (Å²) in [5.41, 5.74) is 0.0871. The summed E-state index contributed by atoms with van der Waals surface area (Å²) in [6.07, 6.45) is 0. The molecule has 0 radical (unpaired) electrons. The van der Waals surface area contributed by atoms with Crippen molar-refractivity contribution < 1.29 is 18.4 Å². The van der Waals surface area contributed by atoms with E-state index in [1.54, 1.807) is 0 Å². The zero-order valence-corrected chi connectivity index (χ0v) is 9.12. The monoisotopic (exact) mass is 281 g/mol. The number of nitrogens with zero attached hydrogens (tertiary/aromatic N) is 1. The molecule has 0 unspecified atom stereocenters. The Bertz CT molecular complexity index is 398. The predicted octanol–water partition coefficient (Wildman–Crippen LogP) is 3.27. The third-order valence-corrected chi connectivity index (χ3v) is 2.53. The maximum Gasteiger partial charge on any atom is 0.387 e. The van der Waals surface area contributed by atoms with Gasteiger partial charge in [0, 0.05) is 16.1 Å². The molecule has 0 N–H and O–H groups in total. The Morgan fingerprint density at radius 3 is 2.60 bits per heavy atom. The minimum Gasteiger partial charge on any atom is -0.434 e. The Balaban J connectivity index is 3.19. The van der Waals surface area contributed by atoms with Crippen molar-refractivity contribution in [1.29, 1.82) is 0 Å². The second-order valence-corrected chi connectivity index (χ2v) is 3.54. The van der Waals surface area contributed by atoms with Gasteiger partial charge in [-0.2, -0.15) is 8.78 Å². The third kappa shape index (κ3) is 2.85. The maximum absolute atomic E-state index is 12.0. The molecule has 1 aromatic carbocycles. The molecule has 0 bridgehead atoms. The van der Waals surface area contributed by atoms with Crippen molar-refractivity contribution in [3.63, 3.8) is 0 Å². The SMILES string of the molecule is Cc1c(Br)cc([N+](=O)[O-])cc1OC(F)F. The van der Waals surface area contributed by atoms with E-state index in [-0.39, 0.29) is 11.4 Å². The molecule has 0 fully saturated rings. The molecule has 15 heavy (non-hydrogen) atoms. The Kier molecular flexibility index (Phi) is 3.57. The molecule has 0 heterocycles. The van der Waals surface area contributed by atoms with Gasteiger partial charge < -0.3 is 4.74 Å². The number of ether oxygens (including phenoxy) is 1. The number of halogens is 3. The van der Waals surface area contributed by atoms with Gasteiger partial charge in [0.25, 0.3) is 5.69 Å². The first-order chi connectivity index (χ1) is 6.91. The molecule has 0 saturated carbocycles. The predicted molar refractivity (Wildman–Crippen MR) is 52.2 cm³/mol. The Morgan fingerprint density at radius 2 is 2.13 bits per heavy atom. The maximum atomic E-state index is 12.0. The highest BCUT2D eigenvalue weighted by Gasteiger charge is 2.16. The zero-order valence-electron chi connectivity index (χ0n) is 7.54. The first-order valence-electron chi connectivity index (χ1n) is 3.81. The highest BCUT2D eigenvalue weighted by atomic mass is 79.9. The molecule has 0 aromatic heterocycles. The van der Waals surface area contributed by atoms with Crippen LogP contribution in [-0.2, 0) is 0 Å². The summed E-state index contributed by atoms with van der Waals surface area (Å²) < 4.78 is 28.4. The second kappa shape index (κ2) is 4.52. The quantitative estimate of drug-likeness (QED) is 0.631. The van der Waals surface area contributed by atoms with Crippen LogP contribution in [-0.4, -0.2) is 11.5 Å². The highest BCUT2D eigenvalue weighted by Crippen LogP contribution is 2.32. The molecule has 0 atom stereocenters.